The Kier molecular flexibility index (Phi) is 7.32. The summed E-state index contributed by atoms with van der Waals surface area (Å²) >= 11 is 2.08. The molecule has 0 aliphatic carbocycles. The molecule has 10 heteroatoms. The second kappa shape index (κ2) is 7.48. The van der Waals surface area contributed by atoms with Crippen LogP contribution < -0.4 is 0 Å². The van der Waals surface area contributed by atoms with E-state index in [-0.39, 0.29) is 0 Å². The van der Waals surface area contributed by atoms with E-state index in [0.717, 1.165) is 0 Å². The van der Waals surface area contributed by atoms with Crippen molar-refractivity contribution >= 4 is 54.9 Å². The molecular formula is C18H43IO5Si4. The summed E-state index contributed by atoms with van der Waals surface area (Å²) in [5.74, 6) is 0. The Hall–Kier alpha value is 1.40. The van der Waals surface area contributed by atoms with Crippen molar-refractivity contribution in [3.05, 3.63) is 0 Å². The van der Waals surface area contributed by atoms with Gasteiger partial charge in [-0.1, -0.05) is 78.6 Å². The van der Waals surface area contributed by atoms with Crippen molar-refractivity contribution in [2.24, 2.45) is 0 Å². The monoisotopic (exact) mass is 578 g/mol. The van der Waals surface area contributed by atoms with Gasteiger partial charge in [-0.25, -0.2) is 0 Å². The molecule has 0 bridgehead atoms. The van der Waals surface area contributed by atoms with E-state index in [9.17, 15) is 20.4 Å². The fourth-order valence-corrected chi connectivity index (χ4v) is 21.6. The molecule has 1 saturated heterocycles. The van der Waals surface area contributed by atoms with Gasteiger partial charge in [-0.15, -0.1) is 0 Å². The molecule has 0 spiro atoms. The first-order valence-electron chi connectivity index (χ1n) is 10.1. The van der Waals surface area contributed by atoms with Crippen LogP contribution in [-0.4, -0.2) is 84.3 Å². The predicted octanol–water partition coefficient (Wildman–Crippen LogP) is 3.21. The minimum absolute atomic E-state index is 0.707. The first kappa shape index (κ1) is 27.4. The van der Waals surface area contributed by atoms with Gasteiger partial charge in [-0.05, 0) is 22.6 Å². The van der Waals surface area contributed by atoms with Crippen molar-refractivity contribution in [3.8, 4) is 0 Å². The molecular weight excluding hydrogens is 535 g/mol. The molecule has 1 heterocycles. The zero-order valence-corrected chi connectivity index (χ0v) is 26.0. The van der Waals surface area contributed by atoms with Crippen molar-refractivity contribution in [2.75, 3.05) is 0 Å². The molecule has 168 valence electrons. The number of aliphatic hydroxyl groups excluding tert-OH is 1. The predicted molar refractivity (Wildman–Crippen MR) is 137 cm³/mol. The van der Waals surface area contributed by atoms with E-state index >= 15 is 0 Å². The van der Waals surface area contributed by atoms with Crippen LogP contribution in [0.1, 0.15) is 0 Å². The lowest BCUT2D eigenvalue weighted by Crippen LogP contribution is -2.95. The molecule has 0 aromatic heterocycles. The number of rotatable bonds is 5. The molecule has 0 amide bonds. The van der Waals surface area contributed by atoms with Crippen LogP contribution in [0.3, 0.4) is 0 Å². The van der Waals surface area contributed by atoms with Gasteiger partial charge in [0.15, 0.2) is 0 Å². The maximum atomic E-state index is 12.6. The normalized spacial score (nSPS) is 39.8. The summed E-state index contributed by atoms with van der Waals surface area (Å²) in [6.45, 7) is 24.2. The second-order valence-corrected chi connectivity index (χ2v) is 34.9. The third-order valence-corrected chi connectivity index (χ3v) is 19.8. The molecule has 4 N–H and O–H groups in total. The third-order valence-electron chi connectivity index (χ3n) is 6.66. The largest absolute Gasteiger partial charge is 0.394 e. The summed E-state index contributed by atoms with van der Waals surface area (Å²) in [7, 11) is -9.81. The highest BCUT2D eigenvalue weighted by atomic mass is 127. The molecule has 6 atom stereocenters. The van der Waals surface area contributed by atoms with Gasteiger partial charge < -0.3 is 25.2 Å². The minimum atomic E-state index is -2.62. The van der Waals surface area contributed by atoms with Gasteiger partial charge in [0.05, 0.1) is 38.0 Å². The van der Waals surface area contributed by atoms with E-state index in [1.807, 2.05) is 78.6 Å². The average Bonchev–Trinajstić information content (AvgIpc) is 2.43. The van der Waals surface area contributed by atoms with E-state index in [4.69, 9.17) is 4.74 Å². The standard InChI is InChI=1S/C18H43IO5Si4/c1-25(2,3)14(20)13-16(21,26(4,5)6)18(23,28(10,11)12)17(22,15(19)24-13)27(7,8)9/h13-15,20-23H,1-12H3/t13-,14?,15?,16-,17-,18-/m1/s1. The third kappa shape index (κ3) is 3.64. The van der Waals surface area contributed by atoms with Crippen LogP contribution >= 0.6 is 22.6 Å². The Morgan fingerprint density at radius 3 is 1.32 bits per heavy atom. The van der Waals surface area contributed by atoms with Crippen LogP contribution in [-0.2, 0) is 4.74 Å². The fourth-order valence-electron chi connectivity index (χ4n) is 4.74. The Morgan fingerprint density at radius 2 is 1.07 bits per heavy atom. The van der Waals surface area contributed by atoms with Gasteiger partial charge in [-0.3, -0.25) is 0 Å². The van der Waals surface area contributed by atoms with Crippen molar-refractivity contribution < 1.29 is 25.2 Å². The lowest BCUT2D eigenvalue weighted by Gasteiger charge is -2.71. The van der Waals surface area contributed by atoms with E-state index in [1.54, 1.807) is 0 Å². The van der Waals surface area contributed by atoms with E-state index in [1.165, 1.54) is 0 Å². The highest BCUT2D eigenvalue weighted by molar-refractivity contribution is 14.1. The van der Waals surface area contributed by atoms with Crippen LogP contribution in [0.5, 0.6) is 0 Å². The van der Waals surface area contributed by atoms with Crippen LogP contribution in [0.4, 0.5) is 0 Å². The highest BCUT2D eigenvalue weighted by Gasteiger charge is 2.81. The molecule has 1 fully saturated rings. The average molecular weight is 579 g/mol. The van der Waals surface area contributed by atoms with Gasteiger partial charge in [0.2, 0.25) is 0 Å². The Bertz CT molecular complexity index is 595. The molecule has 2 unspecified atom stereocenters. The summed E-state index contributed by atoms with van der Waals surface area (Å²) in [6.07, 6.45) is -0.916. The smallest absolute Gasteiger partial charge is 0.137 e. The van der Waals surface area contributed by atoms with Gasteiger partial charge in [0.1, 0.15) is 25.9 Å². The number of alkyl halides is 1. The first-order valence-corrected chi connectivity index (χ1v) is 25.4. The molecule has 0 saturated carbocycles. The molecule has 0 radical (unpaired) electrons. The molecule has 0 aromatic carbocycles. The molecule has 0 aromatic rings. The highest BCUT2D eigenvalue weighted by Crippen LogP contribution is 2.57. The van der Waals surface area contributed by atoms with Gasteiger partial charge in [-0.2, -0.15) is 0 Å². The zero-order valence-electron chi connectivity index (χ0n) is 19.8. The van der Waals surface area contributed by atoms with Crippen LogP contribution in [0.15, 0.2) is 0 Å². The van der Waals surface area contributed by atoms with Gasteiger partial charge in [0.25, 0.3) is 0 Å². The lowest BCUT2D eigenvalue weighted by molar-refractivity contribution is -0.270. The van der Waals surface area contributed by atoms with Crippen molar-refractivity contribution in [1.29, 1.82) is 0 Å². The zero-order chi connectivity index (χ0) is 22.9. The molecule has 28 heavy (non-hydrogen) atoms. The summed E-state index contributed by atoms with van der Waals surface area (Å²) < 4.78 is 5.65. The number of ether oxygens (including phenoxy) is 1. The first-order chi connectivity index (χ1) is 11.9. The van der Waals surface area contributed by atoms with E-state index < -0.39 is 63.9 Å². The lowest BCUT2D eigenvalue weighted by atomic mass is 9.96. The molecule has 1 rings (SSSR count). The summed E-state index contributed by atoms with van der Waals surface area (Å²) in [5.41, 5.74) is -0.851. The maximum Gasteiger partial charge on any atom is 0.137 e. The fraction of sp³-hybridized carbons (Fsp3) is 1.00. The number of hydrogen-bond acceptors (Lipinski definition) is 5. The van der Waals surface area contributed by atoms with Crippen molar-refractivity contribution in [1.82, 2.24) is 0 Å². The van der Waals surface area contributed by atoms with Crippen molar-refractivity contribution in [3.63, 3.8) is 0 Å². The number of aliphatic hydroxyl groups is 4. The number of hydrogen-bond donors (Lipinski definition) is 4. The maximum absolute atomic E-state index is 12.6. The summed E-state index contributed by atoms with van der Waals surface area (Å²) in [4.78, 5) is 0. The topological polar surface area (TPSA) is 90.2 Å². The summed E-state index contributed by atoms with van der Waals surface area (Å²) in [6, 6.07) is 0. The quantitative estimate of drug-likeness (QED) is 0.229. The van der Waals surface area contributed by atoms with Crippen LogP contribution in [0.2, 0.25) is 78.6 Å². The van der Waals surface area contributed by atoms with Gasteiger partial charge >= 0.3 is 0 Å². The summed E-state index contributed by atoms with van der Waals surface area (Å²) in [5, 5.41) is 43.8. The van der Waals surface area contributed by atoms with Crippen molar-refractivity contribution in [2.45, 2.75) is 110 Å². The molecule has 1 aliphatic heterocycles. The Balaban J connectivity index is 4.08. The Morgan fingerprint density at radius 1 is 0.714 bits per heavy atom. The van der Waals surface area contributed by atoms with Gasteiger partial charge in [0, 0.05) is 0 Å². The second-order valence-electron chi connectivity index (χ2n) is 12.7. The molecule has 1 aliphatic rings. The number of halogens is 1. The molecule has 5 nitrogen and oxygen atoms in total. The SMILES string of the molecule is C[Si](C)(C)C(O)[C@H]1OC(I)[C@@](O)([Si](C)(C)C)[C@](O)([Si](C)(C)C)[C@]1(O)[Si](C)(C)C. The van der Waals surface area contributed by atoms with E-state index in [0.29, 0.717) is 0 Å². The van der Waals surface area contributed by atoms with Crippen LogP contribution in [0.25, 0.3) is 0 Å². The van der Waals surface area contributed by atoms with Crippen LogP contribution in [0, 0.1) is 0 Å². The Labute approximate surface area is 189 Å². The van der Waals surface area contributed by atoms with E-state index in [2.05, 4.69) is 22.6 Å². The minimum Gasteiger partial charge on any atom is -0.394 e.